The Kier molecular flexibility index (Phi) is 4.91. The van der Waals surface area contributed by atoms with Crippen molar-refractivity contribution in [3.05, 3.63) is 80.7 Å². The lowest BCUT2D eigenvalue weighted by atomic mass is 9.99. The summed E-state index contributed by atoms with van der Waals surface area (Å²) in [6, 6.07) is 11.0. The molecule has 1 amide bonds. The van der Waals surface area contributed by atoms with Gasteiger partial charge in [0.15, 0.2) is 5.69 Å². The van der Waals surface area contributed by atoms with Gasteiger partial charge >= 0.3 is 0 Å². The van der Waals surface area contributed by atoms with Crippen LogP contribution in [0.2, 0.25) is 10.0 Å². The standard InChI is InChI=1S/C23H20Cl2N4O2/c1-12-20-21(28-27-12)23(30)29(22(20)16-5-3-14(24)9-18(16)25)8-7-13-11-26-19-6-4-15(31-2)10-17(13)19/h3-6,9-11,22,26H,7-8H2,1-2H3,(H,27,28)/t22-/m0/s1. The van der Waals surface area contributed by atoms with E-state index >= 15 is 0 Å². The van der Waals surface area contributed by atoms with Crippen LogP contribution in [0.25, 0.3) is 10.9 Å². The van der Waals surface area contributed by atoms with Gasteiger partial charge in [0.1, 0.15) is 5.75 Å². The Hall–Kier alpha value is -2.96. The van der Waals surface area contributed by atoms with Gasteiger partial charge in [0.25, 0.3) is 5.91 Å². The number of aromatic amines is 2. The topological polar surface area (TPSA) is 74.0 Å². The molecule has 0 bridgehead atoms. The van der Waals surface area contributed by atoms with Crippen LogP contribution in [0.15, 0.2) is 42.6 Å². The minimum absolute atomic E-state index is 0.104. The van der Waals surface area contributed by atoms with Crippen LogP contribution in [0.5, 0.6) is 5.75 Å². The molecule has 0 radical (unpaired) electrons. The van der Waals surface area contributed by atoms with Crippen molar-refractivity contribution in [3.63, 3.8) is 0 Å². The second-order valence-corrected chi connectivity index (χ2v) is 8.50. The van der Waals surface area contributed by atoms with Crippen molar-refractivity contribution in [3.8, 4) is 5.75 Å². The molecule has 0 saturated heterocycles. The van der Waals surface area contributed by atoms with E-state index in [1.165, 1.54) is 0 Å². The molecule has 6 nitrogen and oxygen atoms in total. The van der Waals surface area contributed by atoms with Gasteiger partial charge in [-0.3, -0.25) is 9.89 Å². The molecule has 2 aromatic carbocycles. The highest BCUT2D eigenvalue weighted by molar-refractivity contribution is 6.35. The van der Waals surface area contributed by atoms with Crippen molar-refractivity contribution in [1.29, 1.82) is 0 Å². The summed E-state index contributed by atoms with van der Waals surface area (Å²) < 4.78 is 5.37. The predicted molar refractivity (Wildman–Crippen MR) is 121 cm³/mol. The van der Waals surface area contributed by atoms with Crippen molar-refractivity contribution in [1.82, 2.24) is 20.1 Å². The first kappa shape index (κ1) is 20.0. The predicted octanol–water partition coefficient (Wildman–Crippen LogP) is 5.30. The van der Waals surface area contributed by atoms with Crippen LogP contribution >= 0.6 is 23.2 Å². The number of carbonyl (C=O) groups excluding carboxylic acids is 1. The minimum Gasteiger partial charge on any atom is -0.497 e. The number of hydrogen-bond donors (Lipinski definition) is 2. The second-order valence-electron chi connectivity index (χ2n) is 7.65. The number of nitrogens with zero attached hydrogens (tertiary/aromatic N) is 2. The maximum atomic E-state index is 13.2. The Morgan fingerprint density at radius 2 is 2.03 bits per heavy atom. The number of hydrogen-bond acceptors (Lipinski definition) is 3. The van der Waals surface area contributed by atoms with Crippen molar-refractivity contribution in [2.45, 2.75) is 19.4 Å². The molecule has 1 aliphatic heterocycles. The summed E-state index contributed by atoms with van der Waals surface area (Å²) in [6.45, 7) is 2.44. The van der Waals surface area contributed by atoms with Crippen LogP contribution in [0, 0.1) is 6.92 Å². The molecule has 0 fully saturated rings. The van der Waals surface area contributed by atoms with Gasteiger partial charge in [0.05, 0.1) is 13.2 Å². The van der Waals surface area contributed by atoms with Gasteiger partial charge in [-0.15, -0.1) is 0 Å². The summed E-state index contributed by atoms with van der Waals surface area (Å²) >= 11 is 12.7. The zero-order valence-corrected chi connectivity index (χ0v) is 18.5. The lowest BCUT2D eigenvalue weighted by Crippen LogP contribution is -2.31. The Labute approximate surface area is 189 Å². The molecule has 5 rings (SSSR count). The third kappa shape index (κ3) is 3.27. The van der Waals surface area contributed by atoms with Crippen LogP contribution in [0.1, 0.15) is 38.9 Å². The van der Waals surface area contributed by atoms with Gasteiger partial charge in [-0.2, -0.15) is 5.10 Å². The number of rotatable bonds is 5. The maximum absolute atomic E-state index is 13.2. The number of halogens is 2. The average Bonchev–Trinajstić information content (AvgIpc) is 3.41. The number of fused-ring (bicyclic) bond motifs is 2. The fourth-order valence-corrected chi connectivity index (χ4v) is 4.87. The lowest BCUT2D eigenvalue weighted by Gasteiger charge is -2.27. The molecular weight excluding hydrogens is 435 g/mol. The highest BCUT2D eigenvalue weighted by Gasteiger charge is 2.42. The summed E-state index contributed by atoms with van der Waals surface area (Å²) in [6.07, 6.45) is 2.66. The third-order valence-electron chi connectivity index (χ3n) is 5.90. The van der Waals surface area contributed by atoms with Crippen LogP contribution in [-0.2, 0) is 6.42 Å². The normalized spacial score (nSPS) is 15.7. The number of carbonyl (C=O) groups is 1. The molecule has 158 valence electrons. The number of nitrogens with one attached hydrogen (secondary N) is 2. The first-order valence-electron chi connectivity index (χ1n) is 9.92. The van der Waals surface area contributed by atoms with Crippen molar-refractivity contribution >= 4 is 40.0 Å². The van der Waals surface area contributed by atoms with Crippen molar-refractivity contribution in [2.24, 2.45) is 0 Å². The molecule has 4 aromatic rings. The highest BCUT2D eigenvalue weighted by Crippen LogP contribution is 2.42. The van der Waals surface area contributed by atoms with Crippen molar-refractivity contribution in [2.75, 3.05) is 13.7 Å². The van der Waals surface area contributed by atoms with Gasteiger partial charge in [-0.1, -0.05) is 29.3 Å². The smallest absolute Gasteiger partial charge is 0.275 e. The number of H-pyrrole nitrogens is 2. The summed E-state index contributed by atoms with van der Waals surface area (Å²) in [5, 5.41) is 9.37. The highest BCUT2D eigenvalue weighted by atomic mass is 35.5. The maximum Gasteiger partial charge on any atom is 0.275 e. The number of benzene rings is 2. The van der Waals surface area contributed by atoms with E-state index in [4.69, 9.17) is 27.9 Å². The van der Waals surface area contributed by atoms with E-state index in [9.17, 15) is 4.79 Å². The fourth-order valence-electron chi connectivity index (χ4n) is 4.35. The van der Waals surface area contributed by atoms with Crippen LogP contribution < -0.4 is 4.74 Å². The third-order valence-corrected chi connectivity index (χ3v) is 6.46. The fraction of sp³-hybridized carbons (Fsp3) is 0.217. The second kappa shape index (κ2) is 7.62. The monoisotopic (exact) mass is 454 g/mol. The van der Waals surface area contributed by atoms with Crippen LogP contribution in [0.3, 0.4) is 0 Å². The van der Waals surface area contributed by atoms with E-state index in [1.54, 1.807) is 19.2 Å². The number of ether oxygens (including phenoxy) is 1. The van der Waals surface area contributed by atoms with Gasteiger partial charge in [-0.25, -0.2) is 0 Å². The number of aromatic nitrogens is 3. The molecule has 8 heteroatoms. The zero-order valence-electron chi connectivity index (χ0n) is 17.0. The summed E-state index contributed by atoms with van der Waals surface area (Å²) in [5.74, 6) is 0.694. The van der Waals surface area contributed by atoms with Gasteiger partial charge in [0.2, 0.25) is 0 Å². The van der Waals surface area contributed by atoms with E-state index in [2.05, 4.69) is 15.2 Å². The number of methoxy groups -OCH3 is 1. The summed E-state index contributed by atoms with van der Waals surface area (Å²) in [5.41, 5.74) is 5.17. The van der Waals surface area contributed by atoms with Gasteiger partial charge in [-0.05, 0) is 54.8 Å². The van der Waals surface area contributed by atoms with E-state index in [0.717, 1.165) is 39.0 Å². The average molecular weight is 455 g/mol. The lowest BCUT2D eigenvalue weighted by molar-refractivity contribution is 0.0745. The van der Waals surface area contributed by atoms with E-state index in [-0.39, 0.29) is 11.9 Å². The van der Waals surface area contributed by atoms with Gasteiger partial charge in [0, 0.05) is 44.9 Å². The molecule has 31 heavy (non-hydrogen) atoms. The molecule has 0 spiro atoms. The summed E-state index contributed by atoms with van der Waals surface area (Å²) in [7, 11) is 1.65. The largest absolute Gasteiger partial charge is 0.497 e. The SMILES string of the molecule is COc1ccc2[nH]cc(CCN3C(=O)c4n[nH]c(C)c4[C@@H]3c3ccc(Cl)cc3Cl)c2c1. The molecule has 2 aromatic heterocycles. The molecule has 3 heterocycles. The van der Waals surface area contributed by atoms with Crippen molar-refractivity contribution < 1.29 is 9.53 Å². The molecule has 1 atom stereocenters. The Morgan fingerprint density at radius 1 is 1.19 bits per heavy atom. The molecule has 2 N–H and O–H groups in total. The summed E-state index contributed by atoms with van der Waals surface area (Å²) in [4.78, 5) is 18.4. The number of amides is 1. The number of aryl methyl sites for hydroxylation is 1. The van der Waals surface area contributed by atoms with E-state index in [0.29, 0.717) is 28.7 Å². The molecule has 0 aliphatic carbocycles. The quantitative estimate of drug-likeness (QED) is 0.429. The molecule has 0 unspecified atom stereocenters. The Bertz CT molecular complexity index is 1310. The molecular formula is C23H20Cl2N4O2. The van der Waals surface area contributed by atoms with E-state index in [1.807, 2.05) is 42.3 Å². The minimum atomic E-state index is -0.314. The molecule has 1 aliphatic rings. The first-order chi connectivity index (χ1) is 15.0. The van der Waals surface area contributed by atoms with E-state index < -0.39 is 0 Å². The Balaban J connectivity index is 1.51. The van der Waals surface area contributed by atoms with Gasteiger partial charge < -0.3 is 14.6 Å². The zero-order chi connectivity index (χ0) is 21.7. The molecule has 0 saturated carbocycles. The first-order valence-corrected chi connectivity index (χ1v) is 10.7. The van der Waals surface area contributed by atoms with Crippen LogP contribution in [0.4, 0.5) is 0 Å². The van der Waals surface area contributed by atoms with Crippen LogP contribution in [-0.4, -0.2) is 39.6 Å². The Morgan fingerprint density at radius 3 is 2.81 bits per heavy atom.